The quantitative estimate of drug-likeness (QED) is 0.291. The molecule has 0 aromatic heterocycles. The van der Waals surface area contributed by atoms with Gasteiger partial charge in [0, 0.05) is 0 Å². The van der Waals surface area contributed by atoms with Crippen LogP contribution in [0.3, 0.4) is 0 Å². The first kappa shape index (κ1) is 19.2. The van der Waals surface area contributed by atoms with Crippen molar-refractivity contribution in [1.82, 2.24) is 0 Å². The van der Waals surface area contributed by atoms with Crippen LogP contribution in [0.4, 0.5) is 0 Å². The van der Waals surface area contributed by atoms with E-state index in [2.05, 4.69) is 41.3 Å². The maximum atomic E-state index is 2.49. The fraction of sp³-hybridized carbons (Fsp3) is 1.00. The molecule has 0 N–H and O–H groups in total. The summed E-state index contributed by atoms with van der Waals surface area (Å²) >= 11 is 0.437. The summed E-state index contributed by atoms with van der Waals surface area (Å²) in [5.41, 5.74) is 0. The van der Waals surface area contributed by atoms with Crippen molar-refractivity contribution in [2.45, 2.75) is 64.2 Å². The van der Waals surface area contributed by atoms with Gasteiger partial charge in [-0.1, -0.05) is 0 Å². The van der Waals surface area contributed by atoms with E-state index in [1.165, 1.54) is 36.3 Å². The minimum atomic E-state index is 0.437. The van der Waals surface area contributed by atoms with E-state index < -0.39 is 0 Å². The fourth-order valence-electron chi connectivity index (χ4n) is 3.14. The molecule has 0 heterocycles. The van der Waals surface area contributed by atoms with Crippen LogP contribution in [-0.2, 0) is 0 Å². The van der Waals surface area contributed by atoms with Gasteiger partial charge in [0.2, 0.25) is 0 Å². The second-order valence-corrected chi connectivity index (χ2v) is 10.6. The molecule has 0 amide bonds. The van der Waals surface area contributed by atoms with E-state index in [1.807, 2.05) is 0 Å². The third-order valence-corrected chi connectivity index (χ3v) is 8.70. The van der Waals surface area contributed by atoms with E-state index in [4.69, 9.17) is 0 Å². The van der Waals surface area contributed by atoms with Gasteiger partial charge in [0.15, 0.2) is 0 Å². The molecule has 0 aliphatic carbocycles. The van der Waals surface area contributed by atoms with Gasteiger partial charge in [0.1, 0.15) is 0 Å². The summed E-state index contributed by atoms with van der Waals surface area (Å²) in [5.74, 6) is 2.93. The van der Waals surface area contributed by atoms with Gasteiger partial charge < -0.3 is 0 Å². The maximum absolute atomic E-state index is 2.49. The van der Waals surface area contributed by atoms with E-state index >= 15 is 0 Å². The van der Waals surface area contributed by atoms with Crippen molar-refractivity contribution >= 4 is 8.58 Å². The summed E-state index contributed by atoms with van der Waals surface area (Å²) in [6.45, 7) is 14.5. The summed E-state index contributed by atoms with van der Waals surface area (Å²) in [5, 5.41) is 0. The van der Waals surface area contributed by atoms with Crippen LogP contribution in [0.2, 0.25) is 0 Å². The Labute approximate surface area is 129 Å². The van der Waals surface area contributed by atoms with Crippen molar-refractivity contribution < 1.29 is 21.2 Å². The predicted octanol–water partition coefficient (Wildman–Crippen LogP) is 2.26. The molecule has 0 saturated heterocycles. The Balaban J connectivity index is 4.71. The molecule has 0 radical (unpaired) electrons. The van der Waals surface area contributed by atoms with Crippen LogP contribution in [0.25, 0.3) is 0 Å². The predicted molar refractivity (Wildman–Crippen MR) is 85.1 cm³/mol. The van der Waals surface area contributed by atoms with Crippen LogP contribution < -0.4 is 21.2 Å². The van der Waals surface area contributed by atoms with Gasteiger partial charge >= 0.3 is 129 Å². The van der Waals surface area contributed by atoms with Gasteiger partial charge in [-0.3, -0.25) is 0 Å². The monoisotopic (exact) mass is 385 g/mol. The average molecular weight is 385 g/mol. The fourth-order valence-corrected chi connectivity index (χ4v) is 7.91. The standard InChI is InChI=1S/C16H35IP/c1-7-13(5)14(8-2)15(9-3)16(17-10-4)11-12-18-6/h13-16,18H,7-12H2,1-6H3/q-1. The summed E-state index contributed by atoms with van der Waals surface area (Å²) in [6, 6.07) is 0. The Bertz CT molecular complexity index is 184. The molecule has 0 aromatic rings. The Morgan fingerprint density at radius 1 is 0.944 bits per heavy atom. The summed E-state index contributed by atoms with van der Waals surface area (Å²) in [6.07, 6.45) is 7.19. The Morgan fingerprint density at radius 3 is 1.94 bits per heavy atom. The molecular weight excluding hydrogens is 350 g/mol. The summed E-state index contributed by atoms with van der Waals surface area (Å²) < 4.78 is 2.58. The molecule has 0 fully saturated rings. The molecule has 18 heavy (non-hydrogen) atoms. The van der Waals surface area contributed by atoms with E-state index in [9.17, 15) is 0 Å². The van der Waals surface area contributed by atoms with Gasteiger partial charge in [-0.05, 0) is 0 Å². The van der Waals surface area contributed by atoms with E-state index in [0.29, 0.717) is 21.2 Å². The number of halogens is 1. The molecule has 112 valence electrons. The minimum absolute atomic E-state index is 0.437. The zero-order valence-corrected chi connectivity index (χ0v) is 16.6. The molecule has 0 aliphatic heterocycles. The number of alkyl halides is 2. The molecule has 0 spiro atoms. The third kappa shape index (κ3) is 6.55. The molecule has 0 bridgehead atoms. The van der Waals surface area contributed by atoms with Crippen molar-refractivity contribution in [1.29, 1.82) is 0 Å². The van der Waals surface area contributed by atoms with Crippen LogP contribution in [0.1, 0.15) is 60.3 Å². The third-order valence-electron chi connectivity index (χ3n) is 4.35. The van der Waals surface area contributed by atoms with Gasteiger partial charge in [-0.15, -0.1) is 0 Å². The van der Waals surface area contributed by atoms with Gasteiger partial charge in [-0.2, -0.15) is 0 Å². The molecule has 0 aliphatic rings. The van der Waals surface area contributed by atoms with Crippen LogP contribution in [-0.4, -0.2) is 21.2 Å². The Hall–Kier alpha value is 1.16. The van der Waals surface area contributed by atoms with Crippen molar-refractivity contribution in [3.63, 3.8) is 0 Å². The zero-order chi connectivity index (χ0) is 14.0. The number of hydrogen-bond donors (Lipinski definition) is 0. The van der Waals surface area contributed by atoms with Gasteiger partial charge in [-0.25, -0.2) is 0 Å². The van der Waals surface area contributed by atoms with Crippen LogP contribution in [0.5, 0.6) is 0 Å². The Morgan fingerprint density at radius 2 is 1.56 bits per heavy atom. The first-order valence-electron chi connectivity index (χ1n) is 7.88. The van der Waals surface area contributed by atoms with Crippen LogP contribution in [0.15, 0.2) is 0 Å². The molecular formula is C16H35IP-. The first-order valence-corrected chi connectivity index (χ1v) is 12.4. The number of rotatable bonds is 11. The molecule has 5 atom stereocenters. The molecule has 2 heteroatoms. The molecule has 0 nitrogen and oxygen atoms in total. The van der Waals surface area contributed by atoms with Crippen molar-refractivity contribution in [3.05, 3.63) is 0 Å². The molecule has 0 rings (SSSR count). The average Bonchev–Trinajstić information content (AvgIpc) is 2.40. The summed E-state index contributed by atoms with van der Waals surface area (Å²) in [7, 11) is 1.16. The van der Waals surface area contributed by atoms with E-state index in [-0.39, 0.29) is 0 Å². The Kier molecular flexibility index (Phi) is 12.7. The van der Waals surface area contributed by atoms with Crippen LogP contribution >= 0.6 is 8.58 Å². The van der Waals surface area contributed by atoms with E-state index in [0.717, 1.165) is 30.3 Å². The van der Waals surface area contributed by atoms with Crippen molar-refractivity contribution in [2.24, 2.45) is 17.8 Å². The number of hydrogen-bond acceptors (Lipinski definition) is 0. The molecule has 0 saturated carbocycles. The van der Waals surface area contributed by atoms with Crippen LogP contribution in [0, 0.1) is 17.8 Å². The second kappa shape index (κ2) is 11.9. The van der Waals surface area contributed by atoms with Gasteiger partial charge in [0.25, 0.3) is 0 Å². The van der Waals surface area contributed by atoms with Gasteiger partial charge in [0.05, 0.1) is 0 Å². The van der Waals surface area contributed by atoms with E-state index in [1.54, 1.807) is 0 Å². The topological polar surface area (TPSA) is 0 Å². The first-order chi connectivity index (χ1) is 8.65. The SMILES string of the molecule is CC[I-]C(CCPC)C(CC)C(CC)C(C)CC. The molecule has 5 unspecified atom stereocenters. The van der Waals surface area contributed by atoms with Crippen molar-refractivity contribution in [3.8, 4) is 0 Å². The van der Waals surface area contributed by atoms with Crippen molar-refractivity contribution in [2.75, 3.05) is 17.3 Å². The second-order valence-electron chi connectivity index (χ2n) is 5.36. The zero-order valence-electron chi connectivity index (χ0n) is 13.4. The summed E-state index contributed by atoms with van der Waals surface area (Å²) in [4.78, 5) is 0. The molecule has 0 aromatic carbocycles. The normalized spacial score (nSPS) is 19.2.